The molecule has 5 heteroatoms. The molecule has 0 rings (SSSR count). The molecule has 0 aromatic carbocycles. The van der Waals surface area contributed by atoms with Crippen LogP contribution in [0.15, 0.2) is 0 Å². The Morgan fingerprint density at radius 2 is 1.20 bits per heavy atom. The minimum atomic E-state index is -0.297. The lowest BCUT2D eigenvalue weighted by atomic mass is 10.1. The highest BCUT2D eigenvalue weighted by Crippen LogP contribution is 2.09. The molecule has 0 heterocycles. The van der Waals surface area contributed by atoms with E-state index in [9.17, 15) is 4.79 Å². The lowest BCUT2D eigenvalue weighted by Crippen LogP contribution is -2.31. The number of esters is 1. The van der Waals surface area contributed by atoms with E-state index in [0.717, 1.165) is 19.6 Å². The summed E-state index contributed by atoms with van der Waals surface area (Å²) in [4.78, 5) is 13.6. The van der Waals surface area contributed by atoms with Crippen molar-refractivity contribution < 1.29 is 9.53 Å². The van der Waals surface area contributed by atoms with Crippen molar-refractivity contribution in [2.45, 2.75) is 90.9 Å². The van der Waals surface area contributed by atoms with Crippen LogP contribution < -0.4 is 5.73 Å². The monoisotopic (exact) mass is 378 g/mol. The molecule has 0 bridgehead atoms. The number of halogens is 1. The number of nitrogens with zero attached hydrogens (tertiary/aromatic N) is 1. The van der Waals surface area contributed by atoms with Crippen molar-refractivity contribution in [1.29, 1.82) is 0 Å². The molecule has 2 N–H and O–H groups in total. The molecule has 0 aromatic heterocycles. The Morgan fingerprint density at radius 1 is 0.760 bits per heavy atom. The second kappa shape index (κ2) is 21.7. The van der Waals surface area contributed by atoms with Crippen molar-refractivity contribution in [3.63, 3.8) is 0 Å². The van der Waals surface area contributed by atoms with Gasteiger partial charge < -0.3 is 10.5 Å². The number of carbonyl (C=O) groups is 1. The number of nitrogens with two attached hydrogens (primary N) is 1. The molecule has 0 atom stereocenters. The third kappa shape index (κ3) is 19.8. The highest BCUT2D eigenvalue weighted by molar-refractivity contribution is 5.85. The van der Waals surface area contributed by atoms with Gasteiger partial charge in [0.05, 0.1) is 6.54 Å². The number of rotatable bonds is 18. The zero-order chi connectivity index (χ0) is 17.9. The van der Waals surface area contributed by atoms with Crippen LogP contribution >= 0.6 is 12.4 Å². The third-order valence-electron chi connectivity index (χ3n) is 4.49. The lowest BCUT2D eigenvalue weighted by molar-refractivity contribution is -0.142. The maximum absolute atomic E-state index is 11.1. The van der Waals surface area contributed by atoms with E-state index in [1.54, 1.807) is 0 Å². The Labute approximate surface area is 162 Å². The summed E-state index contributed by atoms with van der Waals surface area (Å²) >= 11 is 0. The van der Waals surface area contributed by atoms with E-state index in [-0.39, 0.29) is 24.9 Å². The topological polar surface area (TPSA) is 55.6 Å². The van der Waals surface area contributed by atoms with Crippen molar-refractivity contribution in [3.8, 4) is 0 Å². The summed E-state index contributed by atoms with van der Waals surface area (Å²) < 4.78 is 5.13. The highest BCUT2D eigenvalue weighted by Gasteiger charge is 2.06. The lowest BCUT2D eigenvalue weighted by Gasteiger charge is -2.22. The maximum atomic E-state index is 11.1. The first-order valence-corrected chi connectivity index (χ1v) is 10.3. The molecule has 152 valence electrons. The fourth-order valence-corrected chi connectivity index (χ4v) is 2.91. The number of carbonyl (C=O) groups excluding carboxylic acids is 1. The van der Waals surface area contributed by atoms with Crippen LogP contribution in [-0.4, -0.2) is 43.7 Å². The molecule has 0 aliphatic carbocycles. The molecular formula is C20H43ClN2O2. The average Bonchev–Trinajstić information content (AvgIpc) is 2.60. The van der Waals surface area contributed by atoms with Crippen molar-refractivity contribution in [3.05, 3.63) is 0 Å². The van der Waals surface area contributed by atoms with E-state index in [2.05, 4.69) is 18.7 Å². The zero-order valence-corrected chi connectivity index (χ0v) is 17.6. The van der Waals surface area contributed by atoms with Gasteiger partial charge in [0.25, 0.3) is 0 Å². The Morgan fingerprint density at radius 3 is 1.64 bits per heavy atom. The van der Waals surface area contributed by atoms with Crippen LogP contribution in [-0.2, 0) is 9.53 Å². The Kier molecular flexibility index (Phi) is 23.4. The van der Waals surface area contributed by atoms with Crippen LogP contribution in [0.1, 0.15) is 90.9 Å². The summed E-state index contributed by atoms with van der Waals surface area (Å²) in [7, 11) is 0. The van der Waals surface area contributed by atoms with E-state index < -0.39 is 0 Å². The van der Waals surface area contributed by atoms with E-state index in [1.807, 2.05) is 0 Å². The molecule has 4 nitrogen and oxygen atoms in total. The van der Waals surface area contributed by atoms with Crippen LogP contribution in [0.25, 0.3) is 0 Å². The second-order valence-corrected chi connectivity index (χ2v) is 6.80. The quantitative estimate of drug-likeness (QED) is 0.271. The predicted molar refractivity (Wildman–Crippen MR) is 110 cm³/mol. The fraction of sp³-hybridized carbons (Fsp3) is 0.950. The van der Waals surface area contributed by atoms with Gasteiger partial charge in [-0.1, -0.05) is 78.1 Å². The van der Waals surface area contributed by atoms with Crippen molar-refractivity contribution >= 4 is 18.4 Å². The van der Waals surface area contributed by atoms with Gasteiger partial charge in [-0.15, -0.1) is 12.4 Å². The molecule has 0 unspecified atom stereocenters. The molecule has 0 fully saturated rings. The molecule has 0 aliphatic heterocycles. The molecule has 0 spiro atoms. The van der Waals surface area contributed by atoms with Gasteiger partial charge >= 0.3 is 5.97 Å². The molecule has 0 aromatic rings. The summed E-state index contributed by atoms with van der Waals surface area (Å²) in [5, 5.41) is 0. The van der Waals surface area contributed by atoms with Crippen LogP contribution in [0.4, 0.5) is 0 Å². The number of ether oxygens (including phenoxy) is 1. The van der Waals surface area contributed by atoms with E-state index in [1.165, 1.54) is 77.0 Å². The standard InChI is InChI=1S/C20H42N2O2.ClH/c1-3-5-7-9-11-13-15-22(17-18-24-20(23)19-21)16-14-12-10-8-6-4-2;/h3-19,21H2,1-2H3;1H. The smallest absolute Gasteiger partial charge is 0.319 e. The largest absolute Gasteiger partial charge is 0.463 e. The van der Waals surface area contributed by atoms with E-state index in [0.29, 0.717) is 6.61 Å². The Balaban J connectivity index is 0. The first-order chi connectivity index (χ1) is 11.7. The summed E-state index contributed by atoms with van der Waals surface area (Å²) in [5.74, 6) is -0.297. The van der Waals surface area contributed by atoms with E-state index in [4.69, 9.17) is 10.5 Å². The number of hydrogen-bond donors (Lipinski definition) is 1. The average molecular weight is 379 g/mol. The van der Waals surface area contributed by atoms with Crippen molar-refractivity contribution in [1.82, 2.24) is 4.90 Å². The Bertz CT molecular complexity index is 262. The van der Waals surface area contributed by atoms with Crippen LogP contribution in [0, 0.1) is 0 Å². The SMILES string of the molecule is CCCCCCCCN(CCCCCCCC)CCOC(=O)CN.Cl. The maximum Gasteiger partial charge on any atom is 0.319 e. The summed E-state index contributed by atoms with van der Waals surface area (Å²) in [6.07, 6.45) is 15.9. The van der Waals surface area contributed by atoms with Gasteiger partial charge in [0.15, 0.2) is 0 Å². The molecule has 0 aliphatic rings. The minimum Gasteiger partial charge on any atom is -0.463 e. The van der Waals surface area contributed by atoms with Crippen LogP contribution in [0.5, 0.6) is 0 Å². The fourth-order valence-electron chi connectivity index (χ4n) is 2.91. The third-order valence-corrected chi connectivity index (χ3v) is 4.49. The predicted octanol–water partition coefficient (Wildman–Crippen LogP) is 4.93. The second-order valence-electron chi connectivity index (χ2n) is 6.80. The molecule has 25 heavy (non-hydrogen) atoms. The molecule has 0 saturated heterocycles. The van der Waals surface area contributed by atoms with Crippen LogP contribution in [0.3, 0.4) is 0 Å². The molecular weight excluding hydrogens is 336 g/mol. The highest BCUT2D eigenvalue weighted by atomic mass is 35.5. The van der Waals surface area contributed by atoms with Crippen molar-refractivity contribution in [2.75, 3.05) is 32.8 Å². The van der Waals surface area contributed by atoms with Gasteiger partial charge in [-0.25, -0.2) is 0 Å². The zero-order valence-electron chi connectivity index (χ0n) is 16.8. The van der Waals surface area contributed by atoms with Crippen LogP contribution in [0.2, 0.25) is 0 Å². The molecule has 0 saturated carbocycles. The summed E-state index contributed by atoms with van der Waals surface area (Å²) in [6.45, 7) is 8.06. The van der Waals surface area contributed by atoms with E-state index >= 15 is 0 Å². The van der Waals surface area contributed by atoms with Gasteiger partial charge in [-0.2, -0.15) is 0 Å². The number of unbranched alkanes of at least 4 members (excludes halogenated alkanes) is 10. The normalized spacial score (nSPS) is 10.7. The van der Waals surface area contributed by atoms with Gasteiger partial charge in [-0.3, -0.25) is 9.69 Å². The van der Waals surface area contributed by atoms with Gasteiger partial charge in [0.1, 0.15) is 6.61 Å². The van der Waals surface area contributed by atoms with Gasteiger partial charge in [0.2, 0.25) is 0 Å². The first kappa shape index (κ1) is 26.9. The molecule has 0 radical (unpaired) electrons. The number of hydrogen-bond acceptors (Lipinski definition) is 4. The summed E-state index contributed by atoms with van der Waals surface area (Å²) in [5.41, 5.74) is 5.28. The first-order valence-electron chi connectivity index (χ1n) is 10.3. The minimum absolute atomic E-state index is 0. The van der Waals surface area contributed by atoms with Crippen molar-refractivity contribution in [2.24, 2.45) is 5.73 Å². The Hall–Kier alpha value is -0.320. The summed E-state index contributed by atoms with van der Waals surface area (Å²) in [6, 6.07) is 0. The molecule has 0 amide bonds. The van der Waals surface area contributed by atoms with Gasteiger partial charge in [0, 0.05) is 6.54 Å². The van der Waals surface area contributed by atoms with Gasteiger partial charge in [-0.05, 0) is 25.9 Å².